The zero-order chi connectivity index (χ0) is 31.1. The first-order valence-electron chi connectivity index (χ1n) is 14.5. The van der Waals surface area contributed by atoms with E-state index in [1.54, 1.807) is 7.05 Å². The Morgan fingerprint density at radius 3 is 2.67 bits per heavy atom. The van der Waals surface area contributed by atoms with Crippen molar-refractivity contribution in [2.45, 2.75) is 77.9 Å². The minimum Gasteiger partial charge on any atom is -0.444 e. The summed E-state index contributed by atoms with van der Waals surface area (Å²) in [7, 11) is 1.67. The number of nitrogens with one attached hydrogen (secondary N) is 1. The minimum atomic E-state index is -0.721. The van der Waals surface area contributed by atoms with Gasteiger partial charge in [0.2, 0.25) is 0 Å². The second kappa shape index (κ2) is 12.1. The molecule has 0 bridgehead atoms. The molecule has 3 aliphatic heterocycles. The number of carbonyl (C=O) groups is 3. The molecular weight excluding hydrogens is 616 g/mol. The van der Waals surface area contributed by atoms with E-state index in [1.165, 1.54) is 9.80 Å². The molecular formula is C30H39BrN8O4. The summed E-state index contributed by atoms with van der Waals surface area (Å²) < 4.78 is 6.39. The summed E-state index contributed by atoms with van der Waals surface area (Å²) in [6.45, 7) is 10.9. The Balaban J connectivity index is 1.40. The number of aromatic nitrogens is 2. The fourth-order valence-corrected chi connectivity index (χ4v) is 5.90. The number of likely N-dealkylation sites (tertiary alicyclic amines) is 1. The molecule has 0 radical (unpaired) electrons. The number of benzene rings is 1. The van der Waals surface area contributed by atoms with E-state index >= 15 is 0 Å². The zero-order valence-electron chi connectivity index (χ0n) is 25.5. The number of hydrogen-bond donors (Lipinski definition) is 1. The third-order valence-electron chi connectivity index (χ3n) is 7.71. The van der Waals surface area contributed by atoms with E-state index in [-0.39, 0.29) is 18.5 Å². The maximum Gasteiger partial charge on any atom is 0.407 e. The maximum atomic E-state index is 14.1. The topological polar surface area (TPSA) is 124 Å². The van der Waals surface area contributed by atoms with Crippen LogP contribution in [0.2, 0.25) is 0 Å². The number of amides is 4. The lowest BCUT2D eigenvalue weighted by Crippen LogP contribution is -2.65. The lowest BCUT2D eigenvalue weighted by Gasteiger charge is -2.42. The highest BCUT2D eigenvalue weighted by Crippen LogP contribution is 2.31. The van der Waals surface area contributed by atoms with E-state index in [1.807, 2.05) is 69.9 Å². The quantitative estimate of drug-likeness (QED) is 0.514. The largest absolute Gasteiger partial charge is 0.444 e. The summed E-state index contributed by atoms with van der Waals surface area (Å²) in [5, 5.41) is 3.91. The van der Waals surface area contributed by atoms with E-state index in [0.717, 1.165) is 33.9 Å². The number of halogens is 1. The number of rotatable bonds is 5. The lowest BCUT2D eigenvalue weighted by atomic mass is 10.1. The predicted octanol–water partition coefficient (Wildman–Crippen LogP) is 3.99. The van der Waals surface area contributed by atoms with Crippen LogP contribution in [0.3, 0.4) is 0 Å². The van der Waals surface area contributed by atoms with Gasteiger partial charge in [0.25, 0.3) is 5.91 Å². The van der Waals surface area contributed by atoms with Crippen LogP contribution in [0, 0.1) is 6.92 Å². The minimum absolute atomic E-state index is 0.0427. The molecule has 12 nitrogen and oxygen atoms in total. The first-order chi connectivity index (χ1) is 20.3. The van der Waals surface area contributed by atoms with Gasteiger partial charge in [-0.2, -0.15) is 0 Å². The first kappa shape index (κ1) is 30.7. The van der Waals surface area contributed by atoms with Gasteiger partial charge >= 0.3 is 12.1 Å². The van der Waals surface area contributed by atoms with Crippen LogP contribution < -0.4 is 5.32 Å². The molecule has 230 valence electrons. The van der Waals surface area contributed by atoms with E-state index in [9.17, 15) is 14.4 Å². The maximum absolute atomic E-state index is 14.1. The Kier molecular flexibility index (Phi) is 8.64. The molecule has 2 unspecified atom stereocenters. The summed E-state index contributed by atoms with van der Waals surface area (Å²) in [6.07, 6.45) is 2.45. The Morgan fingerprint density at radius 2 is 1.95 bits per heavy atom. The van der Waals surface area contributed by atoms with Crippen LogP contribution in [0.4, 0.5) is 9.59 Å². The summed E-state index contributed by atoms with van der Waals surface area (Å²) in [5.41, 5.74) is 0.952. The zero-order valence-corrected chi connectivity index (χ0v) is 27.1. The van der Waals surface area contributed by atoms with Gasteiger partial charge in [0, 0.05) is 43.8 Å². The summed E-state index contributed by atoms with van der Waals surface area (Å²) >= 11 is 3.51. The van der Waals surface area contributed by atoms with Crippen molar-refractivity contribution >= 4 is 50.8 Å². The molecule has 3 atom stereocenters. The molecule has 1 aromatic heterocycles. The van der Waals surface area contributed by atoms with Crippen molar-refractivity contribution < 1.29 is 19.1 Å². The lowest BCUT2D eigenvalue weighted by molar-refractivity contribution is -0.138. The number of para-hydroxylation sites is 1. The van der Waals surface area contributed by atoms with Gasteiger partial charge in [0.1, 0.15) is 11.4 Å². The van der Waals surface area contributed by atoms with Crippen molar-refractivity contribution in [3.8, 4) is 0 Å². The Labute approximate surface area is 260 Å². The number of allylic oxidation sites excluding steroid dienone is 1. The third kappa shape index (κ3) is 6.61. The van der Waals surface area contributed by atoms with Gasteiger partial charge in [-0.1, -0.05) is 40.2 Å². The van der Waals surface area contributed by atoms with Gasteiger partial charge in [0.05, 0.1) is 12.1 Å². The highest BCUT2D eigenvalue weighted by atomic mass is 79.9. The van der Waals surface area contributed by atoms with Gasteiger partial charge in [-0.05, 0) is 58.0 Å². The normalized spacial score (nSPS) is 23.1. The molecule has 1 N–H and O–H groups in total. The van der Waals surface area contributed by atoms with Crippen LogP contribution in [-0.4, -0.2) is 104 Å². The van der Waals surface area contributed by atoms with Crippen molar-refractivity contribution in [2.24, 2.45) is 4.99 Å². The highest BCUT2D eigenvalue weighted by Gasteiger charge is 2.53. The second-order valence-corrected chi connectivity index (χ2v) is 13.5. The molecule has 43 heavy (non-hydrogen) atoms. The van der Waals surface area contributed by atoms with Gasteiger partial charge in [-0.25, -0.2) is 24.5 Å². The average molecular weight is 656 g/mol. The number of guanidine groups is 1. The molecule has 5 rings (SSSR count). The molecule has 1 aromatic carbocycles. The fourth-order valence-electron chi connectivity index (χ4n) is 5.75. The highest BCUT2D eigenvalue weighted by molar-refractivity contribution is 9.11. The SMILES string of the molecule is C/C(Br)=C/CN1C(N2CCC[C@@H](NC(=O)OC(C)(C)C)C2)=NC2C1C(=O)N(Cc1nc(C)c3ccccc3n1)C(=O)N2C. The van der Waals surface area contributed by atoms with Gasteiger partial charge in [-0.15, -0.1) is 0 Å². The number of ether oxygens (including phenoxy) is 1. The molecule has 2 fully saturated rings. The number of urea groups is 1. The van der Waals surface area contributed by atoms with Crippen LogP contribution >= 0.6 is 15.9 Å². The van der Waals surface area contributed by atoms with Crippen molar-refractivity contribution in [3.05, 3.63) is 46.3 Å². The molecule has 0 spiro atoms. The van der Waals surface area contributed by atoms with Crippen LogP contribution in [0.15, 0.2) is 39.8 Å². The number of carbonyl (C=O) groups excluding carboxylic acids is 3. The number of aryl methyl sites for hydroxylation is 1. The van der Waals surface area contributed by atoms with Gasteiger partial charge in [-0.3, -0.25) is 9.69 Å². The van der Waals surface area contributed by atoms with Crippen LogP contribution in [0.1, 0.15) is 52.1 Å². The Hall–Kier alpha value is -3.74. The van der Waals surface area contributed by atoms with E-state index in [2.05, 4.69) is 36.1 Å². The number of fused-ring (bicyclic) bond motifs is 2. The number of aliphatic imine (C=N–C) groups is 1. The second-order valence-electron chi connectivity index (χ2n) is 12.2. The van der Waals surface area contributed by atoms with Crippen molar-refractivity contribution in [1.29, 1.82) is 0 Å². The Morgan fingerprint density at radius 1 is 1.21 bits per heavy atom. The van der Waals surface area contributed by atoms with Crippen LogP contribution in [-0.2, 0) is 16.1 Å². The van der Waals surface area contributed by atoms with Gasteiger partial charge < -0.3 is 24.8 Å². The summed E-state index contributed by atoms with van der Waals surface area (Å²) in [5.74, 6) is 0.685. The van der Waals surface area contributed by atoms with E-state index in [0.29, 0.717) is 31.4 Å². The molecule has 2 saturated heterocycles. The molecule has 0 saturated carbocycles. The van der Waals surface area contributed by atoms with Crippen LogP contribution in [0.25, 0.3) is 10.9 Å². The van der Waals surface area contributed by atoms with E-state index < -0.39 is 29.9 Å². The van der Waals surface area contributed by atoms with Crippen molar-refractivity contribution in [2.75, 3.05) is 26.7 Å². The van der Waals surface area contributed by atoms with Gasteiger partial charge in [0.15, 0.2) is 18.2 Å². The number of piperidine rings is 1. The summed E-state index contributed by atoms with van der Waals surface area (Å²) in [6, 6.07) is 6.36. The molecule has 13 heteroatoms. The Bertz CT molecular complexity index is 1480. The van der Waals surface area contributed by atoms with Crippen LogP contribution in [0.5, 0.6) is 0 Å². The van der Waals surface area contributed by atoms with Crippen molar-refractivity contribution in [1.82, 2.24) is 34.9 Å². The van der Waals surface area contributed by atoms with E-state index in [4.69, 9.17) is 9.73 Å². The molecule has 3 aliphatic rings. The molecule has 2 aromatic rings. The van der Waals surface area contributed by atoms with Crippen molar-refractivity contribution in [3.63, 3.8) is 0 Å². The fraction of sp³-hybridized carbons (Fsp3) is 0.533. The average Bonchev–Trinajstić information content (AvgIpc) is 3.32. The monoisotopic (exact) mass is 654 g/mol. The number of hydrogen-bond acceptors (Lipinski definition) is 9. The molecule has 4 heterocycles. The number of imide groups is 1. The smallest absolute Gasteiger partial charge is 0.407 e. The number of likely N-dealkylation sites (N-methyl/N-ethyl adjacent to an activating group) is 1. The first-order valence-corrected chi connectivity index (χ1v) is 15.3. The molecule has 4 amide bonds. The molecule has 0 aliphatic carbocycles. The predicted molar refractivity (Wildman–Crippen MR) is 166 cm³/mol. The summed E-state index contributed by atoms with van der Waals surface area (Å²) in [4.78, 5) is 61.2. The number of alkyl carbamates (subject to hydrolysis) is 1. The standard InChI is InChI=1S/C30H39BrN8O4/c1-18(31)13-15-38-24-25(35-27(38)37-14-9-10-20(16-37)33-28(41)43-30(3,4)5)36(6)29(42)39(26(24)40)17-23-32-19(2)21-11-7-8-12-22(21)34-23/h7-8,11-13,20,24-25H,9-10,14-17H2,1-6H3,(H,33,41)/b18-13-/t20-,24?,25?/m1/s1. The third-order valence-corrected chi connectivity index (χ3v) is 8.03. The number of nitrogens with zero attached hydrogens (tertiary/aromatic N) is 7.